The number of methoxy groups -OCH3 is 1. The van der Waals surface area contributed by atoms with Crippen molar-refractivity contribution in [1.29, 1.82) is 0 Å². The molecule has 0 unspecified atom stereocenters. The van der Waals surface area contributed by atoms with Crippen LogP contribution in [-0.4, -0.2) is 15.5 Å². The molecule has 0 aliphatic carbocycles. The lowest BCUT2D eigenvalue weighted by molar-refractivity contribution is 0.411. The fraction of sp³-hybridized carbons (Fsp3) is 0.294. The van der Waals surface area contributed by atoms with Crippen molar-refractivity contribution in [2.24, 2.45) is 0 Å². The van der Waals surface area contributed by atoms with Gasteiger partial charge >= 0.3 is 0 Å². The molecule has 1 N–H and O–H groups in total. The van der Waals surface area contributed by atoms with Crippen LogP contribution in [-0.2, 0) is 10.0 Å². The molecule has 0 bridgehead atoms. The summed E-state index contributed by atoms with van der Waals surface area (Å²) < 4.78 is 32.6. The Morgan fingerprint density at radius 1 is 1.05 bits per heavy atom. The molecular weight excluding hydrogens is 298 g/mol. The fourth-order valence-electron chi connectivity index (χ4n) is 2.17. The minimum atomic E-state index is -3.60. The minimum Gasteiger partial charge on any atom is -0.496 e. The van der Waals surface area contributed by atoms with Crippen LogP contribution in [0.25, 0.3) is 0 Å². The molecule has 0 saturated heterocycles. The van der Waals surface area contributed by atoms with Crippen LogP contribution < -0.4 is 9.46 Å². The van der Waals surface area contributed by atoms with Crippen molar-refractivity contribution in [2.45, 2.75) is 31.6 Å². The zero-order valence-electron chi connectivity index (χ0n) is 13.3. The first-order valence-electron chi connectivity index (χ1n) is 7.11. The summed E-state index contributed by atoms with van der Waals surface area (Å²) in [7, 11) is -2.04. The van der Waals surface area contributed by atoms with E-state index in [2.05, 4.69) is 18.6 Å². The number of rotatable bonds is 5. The van der Waals surface area contributed by atoms with Gasteiger partial charge in [-0.15, -0.1) is 0 Å². The van der Waals surface area contributed by atoms with Gasteiger partial charge in [0.05, 0.1) is 12.0 Å². The third kappa shape index (κ3) is 3.60. The highest BCUT2D eigenvalue weighted by atomic mass is 32.2. The van der Waals surface area contributed by atoms with Crippen molar-refractivity contribution in [1.82, 2.24) is 0 Å². The highest BCUT2D eigenvalue weighted by molar-refractivity contribution is 7.92. The molecule has 0 fully saturated rings. The van der Waals surface area contributed by atoms with E-state index in [1.165, 1.54) is 11.6 Å². The maximum Gasteiger partial charge on any atom is 0.261 e. The molecule has 0 aliphatic rings. The van der Waals surface area contributed by atoms with Crippen LogP contribution in [0, 0.1) is 6.92 Å². The van der Waals surface area contributed by atoms with Gasteiger partial charge in [0.2, 0.25) is 0 Å². The first-order valence-corrected chi connectivity index (χ1v) is 8.59. The Hall–Kier alpha value is -2.01. The van der Waals surface area contributed by atoms with E-state index in [0.29, 0.717) is 17.4 Å². The van der Waals surface area contributed by atoms with Gasteiger partial charge in [-0.25, -0.2) is 8.42 Å². The predicted octanol–water partition coefficient (Wildman–Crippen LogP) is 3.93. The van der Waals surface area contributed by atoms with Crippen LogP contribution in [0.15, 0.2) is 47.4 Å². The van der Waals surface area contributed by atoms with Crippen molar-refractivity contribution < 1.29 is 13.2 Å². The van der Waals surface area contributed by atoms with Gasteiger partial charge in [-0.2, -0.15) is 0 Å². The molecule has 0 aliphatic heterocycles. The summed E-state index contributed by atoms with van der Waals surface area (Å²) in [6.45, 7) is 6.01. The standard InChI is InChI=1S/C17H21NO3S/c1-12(2)14-5-7-15(8-6-14)18-22(19,20)16-9-10-17(21-4)13(3)11-16/h5-12,18H,1-4H3. The fourth-order valence-corrected chi connectivity index (χ4v) is 3.31. The van der Waals surface area contributed by atoms with Crippen LogP contribution in [0.2, 0.25) is 0 Å². The molecule has 0 heterocycles. The van der Waals surface area contributed by atoms with Gasteiger partial charge in [0.15, 0.2) is 0 Å². The molecule has 0 spiro atoms. The summed E-state index contributed by atoms with van der Waals surface area (Å²) in [4.78, 5) is 0.221. The molecule has 0 radical (unpaired) electrons. The van der Waals surface area contributed by atoms with Crippen LogP contribution in [0.3, 0.4) is 0 Å². The Morgan fingerprint density at radius 3 is 2.18 bits per heavy atom. The van der Waals surface area contributed by atoms with E-state index in [9.17, 15) is 8.42 Å². The number of anilines is 1. The summed E-state index contributed by atoms with van der Waals surface area (Å²) in [6, 6.07) is 12.2. The van der Waals surface area contributed by atoms with Crippen molar-refractivity contribution in [2.75, 3.05) is 11.8 Å². The maximum atomic E-state index is 12.4. The molecule has 0 aromatic heterocycles. The topological polar surface area (TPSA) is 55.4 Å². The van der Waals surface area contributed by atoms with E-state index in [-0.39, 0.29) is 4.90 Å². The van der Waals surface area contributed by atoms with Crippen LogP contribution >= 0.6 is 0 Å². The smallest absolute Gasteiger partial charge is 0.261 e. The summed E-state index contributed by atoms with van der Waals surface area (Å²) in [5.41, 5.74) is 2.50. The van der Waals surface area contributed by atoms with Gasteiger partial charge in [0, 0.05) is 5.69 Å². The van der Waals surface area contributed by atoms with Crippen molar-refractivity contribution in [3.63, 3.8) is 0 Å². The van der Waals surface area contributed by atoms with E-state index in [1.807, 2.05) is 19.1 Å². The second-order valence-electron chi connectivity index (χ2n) is 5.51. The zero-order chi connectivity index (χ0) is 16.3. The number of sulfonamides is 1. The van der Waals surface area contributed by atoms with E-state index < -0.39 is 10.0 Å². The molecule has 0 saturated carbocycles. The Bertz CT molecular complexity index is 750. The molecule has 5 heteroatoms. The Morgan fingerprint density at radius 2 is 1.68 bits per heavy atom. The van der Waals surface area contributed by atoms with E-state index in [1.54, 1.807) is 31.4 Å². The maximum absolute atomic E-state index is 12.4. The second kappa shape index (κ2) is 6.40. The number of nitrogens with one attached hydrogen (secondary N) is 1. The van der Waals surface area contributed by atoms with Gasteiger partial charge < -0.3 is 4.74 Å². The Kier molecular flexibility index (Phi) is 4.76. The van der Waals surface area contributed by atoms with Gasteiger partial charge in [0.1, 0.15) is 5.75 Å². The molecule has 22 heavy (non-hydrogen) atoms. The Balaban J connectivity index is 2.25. The van der Waals surface area contributed by atoms with Crippen LogP contribution in [0.4, 0.5) is 5.69 Å². The first-order chi connectivity index (χ1) is 10.3. The number of aryl methyl sites for hydroxylation is 1. The predicted molar refractivity (Wildman–Crippen MR) is 89.1 cm³/mol. The quantitative estimate of drug-likeness (QED) is 0.908. The largest absolute Gasteiger partial charge is 0.496 e. The van der Waals surface area contributed by atoms with Crippen molar-refractivity contribution in [3.8, 4) is 5.75 Å². The minimum absolute atomic E-state index is 0.221. The Labute approximate surface area is 132 Å². The molecule has 118 valence electrons. The van der Waals surface area contributed by atoms with Gasteiger partial charge in [-0.3, -0.25) is 4.72 Å². The lowest BCUT2D eigenvalue weighted by Crippen LogP contribution is -2.13. The van der Waals surface area contributed by atoms with Gasteiger partial charge in [-0.05, 0) is 54.3 Å². The van der Waals surface area contributed by atoms with Gasteiger partial charge in [0.25, 0.3) is 10.0 Å². The normalized spacial score (nSPS) is 11.5. The molecule has 2 aromatic carbocycles. The van der Waals surface area contributed by atoms with E-state index in [0.717, 1.165) is 5.56 Å². The average molecular weight is 319 g/mol. The molecule has 2 rings (SSSR count). The van der Waals surface area contributed by atoms with Crippen LogP contribution in [0.1, 0.15) is 30.9 Å². The second-order valence-corrected chi connectivity index (χ2v) is 7.20. The summed E-state index contributed by atoms with van der Waals surface area (Å²) >= 11 is 0. The summed E-state index contributed by atoms with van der Waals surface area (Å²) in [6.07, 6.45) is 0. The van der Waals surface area contributed by atoms with Crippen molar-refractivity contribution >= 4 is 15.7 Å². The summed E-state index contributed by atoms with van der Waals surface area (Å²) in [5.74, 6) is 1.08. The third-order valence-corrected chi connectivity index (χ3v) is 4.89. The number of benzene rings is 2. The SMILES string of the molecule is COc1ccc(S(=O)(=O)Nc2ccc(C(C)C)cc2)cc1C. The van der Waals surface area contributed by atoms with E-state index >= 15 is 0 Å². The number of ether oxygens (including phenoxy) is 1. The summed E-state index contributed by atoms with van der Waals surface area (Å²) in [5, 5.41) is 0. The lowest BCUT2D eigenvalue weighted by Gasteiger charge is -2.11. The highest BCUT2D eigenvalue weighted by Gasteiger charge is 2.15. The average Bonchev–Trinajstić information content (AvgIpc) is 2.47. The molecule has 0 atom stereocenters. The van der Waals surface area contributed by atoms with E-state index in [4.69, 9.17) is 4.74 Å². The highest BCUT2D eigenvalue weighted by Crippen LogP contribution is 2.24. The molecular formula is C17H21NO3S. The molecule has 0 amide bonds. The third-order valence-electron chi connectivity index (χ3n) is 3.51. The molecule has 2 aromatic rings. The zero-order valence-corrected chi connectivity index (χ0v) is 14.1. The van der Waals surface area contributed by atoms with Gasteiger partial charge in [-0.1, -0.05) is 26.0 Å². The first kappa shape index (κ1) is 16.4. The van der Waals surface area contributed by atoms with Crippen molar-refractivity contribution in [3.05, 3.63) is 53.6 Å². The number of hydrogen-bond donors (Lipinski definition) is 1. The monoisotopic (exact) mass is 319 g/mol. The molecule has 4 nitrogen and oxygen atoms in total. The van der Waals surface area contributed by atoms with Crippen LogP contribution in [0.5, 0.6) is 5.75 Å². The number of hydrogen-bond acceptors (Lipinski definition) is 3. The lowest BCUT2D eigenvalue weighted by atomic mass is 10.0.